The zero-order valence-corrected chi connectivity index (χ0v) is 13.8. The minimum atomic E-state index is -0.329. The van der Waals surface area contributed by atoms with Gasteiger partial charge < -0.3 is 11.1 Å². The summed E-state index contributed by atoms with van der Waals surface area (Å²) in [5.41, 5.74) is 6.96. The lowest BCUT2D eigenvalue weighted by molar-refractivity contribution is -0.116. The Bertz CT molecular complexity index is 489. The fourth-order valence-corrected chi connectivity index (χ4v) is 2.30. The molecule has 1 rings (SSSR count). The van der Waals surface area contributed by atoms with Crippen LogP contribution in [0.5, 0.6) is 0 Å². The summed E-state index contributed by atoms with van der Waals surface area (Å²) < 4.78 is 13.7. The topological polar surface area (TPSA) is 55.1 Å². The second-order valence-electron chi connectivity index (χ2n) is 5.83. The first kappa shape index (κ1) is 17.1. The van der Waals surface area contributed by atoms with Crippen molar-refractivity contribution in [3.05, 3.63) is 28.0 Å². The number of carbonyl (C=O) groups is 1. The summed E-state index contributed by atoms with van der Waals surface area (Å²) in [4.78, 5) is 12.0. The highest BCUT2D eigenvalue weighted by molar-refractivity contribution is 9.10. The predicted octanol–water partition coefficient (Wildman–Crippen LogP) is 3.99. The summed E-state index contributed by atoms with van der Waals surface area (Å²) in [6.45, 7) is 6.60. The minimum Gasteiger partial charge on any atom is -0.330 e. The van der Waals surface area contributed by atoms with Crippen LogP contribution in [0, 0.1) is 18.2 Å². The van der Waals surface area contributed by atoms with Gasteiger partial charge in [-0.05, 0) is 65.4 Å². The summed E-state index contributed by atoms with van der Waals surface area (Å²) >= 11 is 3.12. The second-order valence-corrected chi connectivity index (χ2v) is 6.69. The molecule has 0 saturated carbocycles. The third-order valence-corrected chi connectivity index (χ3v) is 4.00. The molecule has 0 saturated heterocycles. The fraction of sp³-hybridized carbons (Fsp3) is 0.533. The Hall–Kier alpha value is -0.940. The summed E-state index contributed by atoms with van der Waals surface area (Å²) in [7, 11) is 0. The number of aryl methyl sites for hydroxylation is 1. The van der Waals surface area contributed by atoms with E-state index in [0.717, 1.165) is 12.8 Å². The van der Waals surface area contributed by atoms with Gasteiger partial charge in [-0.25, -0.2) is 4.39 Å². The molecule has 5 heteroatoms. The number of hydrogen-bond donors (Lipinski definition) is 2. The summed E-state index contributed by atoms with van der Waals surface area (Å²) in [5, 5.41) is 2.83. The van der Waals surface area contributed by atoms with Crippen molar-refractivity contribution >= 4 is 27.5 Å². The van der Waals surface area contributed by atoms with Gasteiger partial charge in [0.25, 0.3) is 0 Å². The molecular formula is C15H22BrFN2O. The molecule has 0 aromatic heterocycles. The van der Waals surface area contributed by atoms with Gasteiger partial charge in [0.15, 0.2) is 0 Å². The third-order valence-electron chi connectivity index (χ3n) is 3.39. The highest BCUT2D eigenvalue weighted by atomic mass is 79.9. The van der Waals surface area contributed by atoms with Crippen LogP contribution in [0.4, 0.5) is 10.1 Å². The maximum atomic E-state index is 13.3. The molecule has 0 unspecified atom stereocenters. The molecule has 0 aliphatic heterocycles. The number of rotatable bonds is 6. The van der Waals surface area contributed by atoms with Crippen LogP contribution >= 0.6 is 15.9 Å². The van der Waals surface area contributed by atoms with Crippen molar-refractivity contribution in [1.82, 2.24) is 0 Å². The molecule has 3 N–H and O–H groups in total. The van der Waals surface area contributed by atoms with Crippen LogP contribution in [-0.4, -0.2) is 12.5 Å². The van der Waals surface area contributed by atoms with Crippen LogP contribution in [0.1, 0.15) is 38.7 Å². The minimum absolute atomic E-state index is 0.0586. The lowest BCUT2D eigenvalue weighted by atomic mass is 9.84. The number of nitrogens with two attached hydrogens (primary N) is 1. The van der Waals surface area contributed by atoms with Crippen LogP contribution < -0.4 is 11.1 Å². The quantitative estimate of drug-likeness (QED) is 0.819. The molecule has 0 spiro atoms. The largest absolute Gasteiger partial charge is 0.330 e. The Balaban J connectivity index is 2.61. The van der Waals surface area contributed by atoms with E-state index in [4.69, 9.17) is 5.73 Å². The number of carbonyl (C=O) groups excluding carboxylic acids is 1. The van der Waals surface area contributed by atoms with Crippen LogP contribution in [0.15, 0.2) is 16.6 Å². The van der Waals surface area contributed by atoms with E-state index in [-0.39, 0.29) is 17.1 Å². The first-order chi connectivity index (χ1) is 9.25. The Kier molecular flexibility index (Phi) is 6.14. The van der Waals surface area contributed by atoms with E-state index in [0.29, 0.717) is 28.7 Å². The fourth-order valence-electron chi connectivity index (χ4n) is 1.96. The standard InChI is InChI=1S/C15H22BrFN2O/c1-10-8-12(17)11(16)9-13(10)19-14(20)4-5-15(2,3)6-7-18/h8-9H,4-7,18H2,1-3H3,(H,19,20). The lowest BCUT2D eigenvalue weighted by Gasteiger charge is -2.23. The average Bonchev–Trinajstić information content (AvgIpc) is 2.34. The van der Waals surface area contributed by atoms with E-state index in [2.05, 4.69) is 35.1 Å². The van der Waals surface area contributed by atoms with Crippen molar-refractivity contribution in [2.45, 2.75) is 40.0 Å². The zero-order chi connectivity index (χ0) is 15.3. The molecule has 3 nitrogen and oxygen atoms in total. The van der Waals surface area contributed by atoms with Gasteiger partial charge in [0.05, 0.1) is 4.47 Å². The summed E-state index contributed by atoms with van der Waals surface area (Å²) in [5.74, 6) is -0.388. The molecule has 0 bridgehead atoms. The molecule has 0 atom stereocenters. The van der Waals surface area contributed by atoms with Crippen molar-refractivity contribution in [3.8, 4) is 0 Å². The summed E-state index contributed by atoms with van der Waals surface area (Å²) in [6, 6.07) is 2.99. The SMILES string of the molecule is Cc1cc(F)c(Br)cc1NC(=O)CCC(C)(C)CCN. The molecule has 112 valence electrons. The normalized spacial score (nSPS) is 11.5. The molecule has 0 radical (unpaired) electrons. The smallest absolute Gasteiger partial charge is 0.224 e. The first-order valence-corrected chi connectivity index (χ1v) is 7.50. The highest BCUT2D eigenvalue weighted by Gasteiger charge is 2.18. The molecule has 20 heavy (non-hydrogen) atoms. The van der Waals surface area contributed by atoms with Gasteiger partial charge in [-0.1, -0.05) is 13.8 Å². The van der Waals surface area contributed by atoms with Crippen molar-refractivity contribution in [2.24, 2.45) is 11.1 Å². The first-order valence-electron chi connectivity index (χ1n) is 6.71. The Labute approximate surface area is 128 Å². The Morgan fingerprint density at radius 2 is 2.05 bits per heavy atom. The van der Waals surface area contributed by atoms with E-state index in [1.54, 1.807) is 13.0 Å². The van der Waals surface area contributed by atoms with Crippen molar-refractivity contribution in [1.29, 1.82) is 0 Å². The monoisotopic (exact) mass is 344 g/mol. The highest BCUT2D eigenvalue weighted by Crippen LogP contribution is 2.27. The second kappa shape index (κ2) is 7.18. The number of amides is 1. The van der Waals surface area contributed by atoms with Crippen molar-refractivity contribution < 1.29 is 9.18 Å². The molecule has 1 aromatic carbocycles. The number of halogens is 2. The molecule has 1 amide bonds. The number of nitrogens with one attached hydrogen (secondary N) is 1. The van der Waals surface area contributed by atoms with Gasteiger partial charge in [-0.15, -0.1) is 0 Å². The maximum Gasteiger partial charge on any atom is 0.224 e. The zero-order valence-electron chi connectivity index (χ0n) is 12.2. The van der Waals surface area contributed by atoms with E-state index in [9.17, 15) is 9.18 Å². The number of hydrogen-bond acceptors (Lipinski definition) is 2. The number of benzene rings is 1. The Morgan fingerprint density at radius 1 is 1.40 bits per heavy atom. The van der Waals surface area contributed by atoms with Crippen LogP contribution in [0.3, 0.4) is 0 Å². The van der Waals surface area contributed by atoms with E-state index < -0.39 is 0 Å². The average molecular weight is 345 g/mol. The van der Waals surface area contributed by atoms with Crippen LogP contribution in [-0.2, 0) is 4.79 Å². The van der Waals surface area contributed by atoms with Gasteiger partial charge in [-0.3, -0.25) is 4.79 Å². The van der Waals surface area contributed by atoms with Crippen LogP contribution in [0.25, 0.3) is 0 Å². The Morgan fingerprint density at radius 3 is 2.65 bits per heavy atom. The van der Waals surface area contributed by atoms with Gasteiger partial charge in [0, 0.05) is 12.1 Å². The molecular weight excluding hydrogens is 323 g/mol. The lowest BCUT2D eigenvalue weighted by Crippen LogP contribution is -2.21. The maximum absolute atomic E-state index is 13.3. The molecule has 0 aliphatic carbocycles. The number of anilines is 1. The van der Waals surface area contributed by atoms with E-state index >= 15 is 0 Å². The van der Waals surface area contributed by atoms with Crippen molar-refractivity contribution in [3.63, 3.8) is 0 Å². The van der Waals surface area contributed by atoms with Gasteiger partial charge in [0.1, 0.15) is 5.82 Å². The summed E-state index contributed by atoms with van der Waals surface area (Å²) in [6.07, 6.45) is 2.10. The molecule has 1 aromatic rings. The molecule has 0 fully saturated rings. The van der Waals surface area contributed by atoms with Crippen LogP contribution in [0.2, 0.25) is 0 Å². The molecule has 0 aliphatic rings. The van der Waals surface area contributed by atoms with Gasteiger partial charge in [0.2, 0.25) is 5.91 Å². The third kappa shape index (κ3) is 5.21. The predicted molar refractivity (Wildman–Crippen MR) is 84.2 cm³/mol. The van der Waals surface area contributed by atoms with Gasteiger partial charge >= 0.3 is 0 Å². The molecule has 0 heterocycles. The van der Waals surface area contributed by atoms with E-state index in [1.165, 1.54) is 6.07 Å². The van der Waals surface area contributed by atoms with Gasteiger partial charge in [-0.2, -0.15) is 0 Å². The van der Waals surface area contributed by atoms with Crippen molar-refractivity contribution in [2.75, 3.05) is 11.9 Å². The van der Waals surface area contributed by atoms with E-state index in [1.807, 2.05) is 0 Å².